The molecule has 1 saturated heterocycles. The van der Waals surface area contributed by atoms with Crippen molar-refractivity contribution in [3.63, 3.8) is 0 Å². The van der Waals surface area contributed by atoms with Crippen LogP contribution in [0.1, 0.15) is 24.0 Å². The van der Waals surface area contributed by atoms with E-state index in [1.807, 2.05) is 6.07 Å². The van der Waals surface area contributed by atoms with E-state index in [4.69, 9.17) is 0 Å². The molecule has 1 atom stereocenters. The average molecular weight is 248 g/mol. The van der Waals surface area contributed by atoms with E-state index in [2.05, 4.69) is 5.32 Å². The van der Waals surface area contributed by atoms with Gasteiger partial charge < -0.3 is 10.2 Å². The topological polar surface area (TPSA) is 32.3 Å². The molecule has 0 aromatic heterocycles. The first-order chi connectivity index (χ1) is 8.75. The van der Waals surface area contributed by atoms with E-state index >= 15 is 0 Å². The van der Waals surface area contributed by atoms with Gasteiger partial charge in [-0.15, -0.1) is 0 Å². The summed E-state index contributed by atoms with van der Waals surface area (Å²) in [7, 11) is 0. The van der Waals surface area contributed by atoms with E-state index in [1.165, 1.54) is 6.07 Å². The second-order valence-electron chi connectivity index (χ2n) is 5.04. The van der Waals surface area contributed by atoms with Gasteiger partial charge in [0.1, 0.15) is 5.82 Å². The molecule has 1 fully saturated rings. The molecule has 0 spiro atoms. The SMILES string of the molecule is O=C(C1CCCN1)N1CCc2cccc(F)c2C1. The molecule has 0 saturated carbocycles. The van der Waals surface area contributed by atoms with Crippen molar-refractivity contribution in [2.24, 2.45) is 0 Å². The number of benzene rings is 1. The minimum Gasteiger partial charge on any atom is -0.337 e. The molecule has 1 aromatic carbocycles. The van der Waals surface area contributed by atoms with Gasteiger partial charge in [0.25, 0.3) is 0 Å². The molecule has 96 valence electrons. The van der Waals surface area contributed by atoms with Crippen LogP contribution in [-0.4, -0.2) is 29.9 Å². The maximum absolute atomic E-state index is 13.7. The van der Waals surface area contributed by atoms with Crippen LogP contribution in [0.2, 0.25) is 0 Å². The Labute approximate surface area is 106 Å². The van der Waals surface area contributed by atoms with Gasteiger partial charge in [-0.25, -0.2) is 4.39 Å². The van der Waals surface area contributed by atoms with E-state index in [0.717, 1.165) is 31.4 Å². The fraction of sp³-hybridized carbons (Fsp3) is 0.500. The van der Waals surface area contributed by atoms with Crippen LogP contribution >= 0.6 is 0 Å². The summed E-state index contributed by atoms with van der Waals surface area (Å²) in [4.78, 5) is 14.0. The first-order valence-electron chi connectivity index (χ1n) is 6.54. The number of hydrogen-bond acceptors (Lipinski definition) is 2. The summed E-state index contributed by atoms with van der Waals surface area (Å²) < 4.78 is 13.7. The van der Waals surface area contributed by atoms with Gasteiger partial charge in [0.15, 0.2) is 0 Å². The van der Waals surface area contributed by atoms with Crippen LogP contribution < -0.4 is 5.32 Å². The second kappa shape index (κ2) is 4.69. The highest BCUT2D eigenvalue weighted by atomic mass is 19.1. The van der Waals surface area contributed by atoms with Crippen LogP contribution in [0.25, 0.3) is 0 Å². The zero-order chi connectivity index (χ0) is 12.5. The molecule has 1 unspecified atom stereocenters. The number of nitrogens with zero attached hydrogens (tertiary/aromatic N) is 1. The van der Waals surface area contributed by atoms with E-state index in [1.54, 1.807) is 11.0 Å². The predicted octanol–water partition coefficient (Wildman–Crippen LogP) is 1.46. The summed E-state index contributed by atoms with van der Waals surface area (Å²) in [5.41, 5.74) is 1.73. The largest absolute Gasteiger partial charge is 0.337 e. The molecule has 4 heteroatoms. The fourth-order valence-corrected chi connectivity index (χ4v) is 2.84. The Bertz CT molecular complexity index is 469. The maximum atomic E-state index is 13.7. The van der Waals surface area contributed by atoms with E-state index in [-0.39, 0.29) is 17.8 Å². The Morgan fingerprint density at radius 3 is 3.11 bits per heavy atom. The van der Waals surface area contributed by atoms with Crippen molar-refractivity contribution < 1.29 is 9.18 Å². The smallest absolute Gasteiger partial charge is 0.240 e. The highest BCUT2D eigenvalue weighted by Gasteiger charge is 2.29. The molecular weight excluding hydrogens is 231 g/mol. The minimum atomic E-state index is -0.190. The fourth-order valence-electron chi connectivity index (χ4n) is 2.84. The molecule has 1 amide bonds. The quantitative estimate of drug-likeness (QED) is 0.816. The lowest BCUT2D eigenvalue weighted by Crippen LogP contribution is -2.45. The summed E-state index contributed by atoms with van der Waals surface area (Å²) >= 11 is 0. The Morgan fingerprint density at radius 1 is 1.44 bits per heavy atom. The Kier molecular flexibility index (Phi) is 3.04. The van der Waals surface area contributed by atoms with Crippen molar-refractivity contribution in [2.75, 3.05) is 13.1 Å². The lowest BCUT2D eigenvalue weighted by Gasteiger charge is -2.31. The van der Waals surface area contributed by atoms with E-state index in [9.17, 15) is 9.18 Å². The molecule has 1 N–H and O–H groups in total. The second-order valence-corrected chi connectivity index (χ2v) is 5.04. The summed E-state index contributed by atoms with van der Waals surface area (Å²) in [6, 6.07) is 5.11. The number of carbonyl (C=O) groups excluding carboxylic acids is 1. The maximum Gasteiger partial charge on any atom is 0.240 e. The third-order valence-corrected chi connectivity index (χ3v) is 3.89. The van der Waals surface area contributed by atoms with Gasteiger partial charge >= 0.3 is 0 Å². The van der Waals surface area contributed by atoms with E-state index in [0.29, 0.717) is 18.7 Å². The standard InChI is InChI=1S/C14H17FN2O/c15-12-4-1-3-10-6-8-17(9-11(10)12)14(18)13-5-2-7-16-13/h1,3-4,13,16H,2,5-9H2. The number of rotatable bonds is 1. The van der Waals surface area contributed by atoms with Crippen molar-refractivity contribution in [3.05, 3.63) is 35.1 Å². The molecule has 2 aliphatic heterocycles. The molecule has 0 aliphatic carbocycles. The van der Waals surface area contributed by atoms with Crippen LogP contribution in [0.4, 0.5) is 4.39 Å². The zero-order valence-electron chi connectivity index (χ0n) is 10.3. The monoisotopic (exact) mass is 248 g/mol. The third kappa shape index (κ3) is 2.01. The van der Waals surface area contributed by atoms with Gasteiger partial charge in [-0.2, -0.15) is 0 Å². The summed E-state index contributed by atoms with van der Waals surface area (Å²) in [6.07, 6.45) is 2.71. The van der Waals surface area contributed by atoms with Gasteiger partial charge in [-0.05, 0) is 37.4 Å². The minimum absolute atomic E-state index is 0.0571. The lowest BCUT2D eigenvalue weighted by molar-refractivity contribution is -0.134. The Balaban J connectivity index is 1.78. The highest BCUT2D eigenvalue weighted by molar-refractivity contribution is 5.82. The van der Waals surface area contributed by atoms with Crippen molar-refractivity contribution >= 4 is 5.91 Å². The number of nitrogens with one attached hydrogen (secondary N) is 1. The van der Waals surface area contributed by atoms with Gasteiger partial charge in [0.2, 0.25) is 5.91 Å². The molecular formula is C14H17FN2O. The van der Waals surface area contributed by atoms with Crippen molar-refractivity contribution in [1.82, 2.24) is 10.2 Å². The van der Waals surface area contributed by atoms with Crippen molar-refractivity contribution in [2.45, 2.75) is 31.8 Å². The normalized spacial score (nSPS) is 22.9. The molecule has 0 bridgehead atoms. The number of hydrogen-bond donors (Lipinski definition) is 1. The van der Waals surface area contributed by atoms with Gasteiger partial charge in [0, 0.05) is 18.7 Å². The van der Waals surface area contributed by atoms with Gasteiger partial charge in [0.05, 0.1) is 6.04 Å². The first kappa shape index (κ1) is 11.7. The number of fused-ring (bicyclic) bond motifs is 1. The van der Waals surface area contributed by atoms with Crippen molar-refractivity contribution in [3.8, 4) is 0 Å². The lowest BCUT2D eigenvalue weighted by atomic mass is 9.98. The van der Waals surface area contributed by atoms with Gasteiger partial charge in [-0.3, -0.25) is 4.79 Å². The van der Waals surface area contributed by atoms with Crippen LogP contribution in [0.15, 0.2) is 18.2 Å². The molecule has 18 heavy (non-hydrogen) atoms. The van der Waals surface area contributed by atoms with E-state index < -0.39 is 0 Å². The number of carbonyl (C=O) groups is 1. The molecule has 3 nitrogen and oxygen atoms in total. The summed E-state index contributed by atoms with van der Waals surface area (Å²) in [5, 5.41) is 3.21. The average Bonchev–Trinajstić information content (AvgIpc) is 2.92. The molecule has 1 aromatic rings. The van der Waals surface area contributed by atoms with Crippen LogP contribution in [0, 0.1) is 5.82 Å². The highest BCUT2D eigenvalue weighted by Crippen LogP contribution is 2.23. The van der Waals surface area contributed by atoms with Gasteiger partial charge in [-0.1, -0.05) is 12.1 Å². The number of halogens is 1. The molecule has 3 rings (SSSR count). The predicted molar refractivity (Wildman–Crippen MR) is 66.5 cm³/mol. The summed E-state index contributed by atoms with van der Waals surface area (Å²) in [5.74, 6) is -0.0641. The third-order valence-electron chi connectivity index (χ3n) is 3.89. The van der Waals surface area contributed by atoms with Crippen LogP contribution in [-0.2, 0) is 17.8 Å². The Hall–Kier alpha value is -1.42. The molecule has 2 aliphatic rings. The molecule has 2 heterocycles. The van der Waals surface area contributed by atoms with Crippen molar-refractivity contribution in [1.29, 1.82) is 0 Å². The summed E-state index contributed by atoms with van der Waals surface area (Å²) in [6.45, 7) is 2.03. The molecule has 0 radical (unpaired) electrons. The number of amides is 1. The zero-order valence-corrected chi connectivity index (χ0v) is 10.3. The van der Waals surface area contributed by atoms with Crippen LogP contribution in [0.5, 0.6) is 0 Å². The first-order valence-corrected chi connectivity index (χ1v) is 6.54. The Morgan fingerprint density at radius 2 is 2.33 bits per heavy atom. The van der Waals surface area contributed by atoms with Crippen LogP contribution in [0.3, 0.4) is 0 Å².